The minimum absolute atomic E-state index is 0.352. The SMILES string of the molecule is CCCCCCCCCCCC=CCCc1ccc(O)cc1. The van der Waals surface area contributed by atoms with Crippen LogP contribution in [0.1, 0.15) is 83.1 Å². The van der Waals surface area contributed by atoms with Gasteiger partial charge in [0.2, 0.25) is 0 Å². The van der Waals surface area contributed by atoms with Gasteiger partial charge in [-0.2, -0.15) is 0 Å². The first kappa shape index (κ1) is 18.8. The predicted molar refractivity (Wildman–Crippen MR) is 97.4 cm³/mol. The molecule has 0 aliphatic carbocycles. The number of unbranched alkanes of at least 4 members (excludes halogenated alkanes) is 9. The van der Waals surface area contributed by atoms with Crippen molar-refractivity contribution in [3.63, 3.8) is 0 Å². The van der Waals surface area contributed by atoms with E-state index >= 15 is 0 Å². The van der Waals surface area contributed by atoms with Crippen molar-refractivity contribution in [2.24, 2.45) is 0 Å². The average Bonchev–Trinajstić information content (AvgIpc) is 2.53. The van der Waals surface area contributed by atoms with Crippen molar-refractivity contribution in [1.29, 1.82) is 0 Å². The van der Waals surface area contributed by atoms with Gasteiger partial charge < -0.3 is 5.11 Å². The molecule has 0 atom stereocenters. The van der Waals surface area contributed by atoms with E-state index < -0.39 is 0 Å². The minimum Gasteiger partial charge on any atom is -0.508 e. The molecule has 1 heteroatoms. The standard InChI is InChI=1S/C21H34O/c1-2-3-4-5-6-7-8-9-10-11-12-13-14-15-20-16-18-21(22)19-17-20/h12-13,16-19,22H,2-11,14-15H2,1H3. The Kier molecular flexibility index (Phi) is 11.5. The summed E-state index contributed by atoms with van der Waals surface area (Å²) < 4.78 is 0. The van der Waals surface area contributed by atoms with Crippen LogP contribution in [0.3, 0.4) is 0 Å². The third kappa shape index (κ3) is 10.5. The topological polar surface area (TPSA) is 20.2 Å². The first-order chi connectivity index (χ1) is 10.8. The van der Waals surface area contributed by atoms with Crippen molar-refractivity contribution in [2.45, 2.75) is 84.0 Å². The molecule has 1 aromatic rings. The summed E-state index contributed by atoms with van der Waals surface area (Å²) in [6, 6.07) is 7.54. The largest absolute Gasteiger partial charge is 0.508 e. The van der Waals surface area contributed by atoms with Gasteiger partial charge in [-0.3, -0.25) is 0 Å². The molecule has 0 heterocycles. The molecule has 22 heavy (non-hydrogen) atoms. The Morgan fingerprint density at radius 1 is 0.727 bits per heavy atom. The van der Waals surface area contributed by atoms with Gasteiger partial charge in [0.1, 0.15) is 5.75 Å². The van der Waals surface area contributed by atoms with Crippen LogP contribution < -0.4 is 0 Å². The molecule has 0 unspecified atom stereocenters. The van der Waals surface area contributed by atoms with E-state index in [0.29, 0.717) is 5.75 Å². The number of phenolic OH excluding ortho intramolecular Hbond substituents is 1. The number of benzene rings is 1. The molecule has 1 aromatic carbocycles. The van der Waals surface area contributed by atoms with Gasteiger partial charge in [-0.15, -0.1) is 0 Å². The lowest BCUT2D eigenvalue weighted by Crippen LogP contribution is -1.82. The molecule has 124 valence electrons. The van der Waals surface area contributed by atoms with Gasteiger partial charge in [-0.25, -0.2) is 0 Å². The highest BCUT2D eigenvalue weighted by molar-refractivity contribution is 5.26. The lowest BCUT2D eigenvalue weighted by atomic mass is 10.1. The van der Waals surface area contributed by atoms with Crippen molar-refractivity contribution in [2.75, 3.05) is 0 Å². The maximum Gasteiger partial charge on any atom is 0.115 e. The number of aromatic hydroxyl groups is 1. The summed E-state index contributed by atoms with van der Waals surface area (Å²) in [5, 5.41) is 9.23. The van der Waals surface area contributed by atoms with Gasteiger partial charge in [0.15, 0.2) is 0 Å². The van der Waals surface area contributed by atoms with Crippen molar-refractivity contribution in [1.82, 2.24) is 0 Å². The molecule has 0 fully saturated rings. The summed E-state index contributed by atoms with van der Waals surface area (Å²) >= 11 is 0. The number of phenols is 1. The highest BCUT2D eigenvalue weighted by Crippen LogP contribution is 2.12. The second kappa shape index (κ2) is 13.4. The average molecular weight is 303 g/mol. The molecular weight excluding hydrogens is 268 g/mol. The fourth-order valence-corrected chi connectivity index (χ4v) is 2.72. The quantitative estimate of drug-likeness (QED) is 0.314. The van der Waals surface area contributed by atoms with Crippen LogP contribution in [0, 0.1) is 0 Å². The fourth-order valence-electron chi connectivity index (χ4n) is 2.72. The van der Waals surface area contributed by atoms with Gasteiger partial charge in [-0.05, 0) is 43.4 Å². The van der Waals surface area contributed by atoms with Crippen LogP contribution in [-0.4, -0.2) is 5.11 Å². The van der Waals surface area contributed by atoms with Crippen LogP contribution in [0.25, 0.3) is 0 Å². The molecule has 1 nitrogen and oxygen atoms in total. The van der Waals surface area contributed by atoms with Crippen LogP contribution in [0.4, 0.5) is 0 Å². The van der Waals surface area contributed by atoms with E-state index in [9.17, 15) is 5.11 Å². The Hall–Kier alpha value is -1.24. The summed E-state index contributed by atoms with van der Waals surface area (Å²) in [5.74, 6) is 0.352. The van der Waals surface area contributed by atoms with Crippen molar-refractivity contribution in [3.8, 4) is 5.75 Å². The smallest absolute Gasteiger partial charge is 0.115 e. The van der Waals surface area contributed by atoms with E-state index in [2.05, 4.69) is 19.1 Å². The van der Waals surface area contributed by atoms with Crippen LogP contribution in [0.5, 0.6) is 5.75 Å². The minimum atomic E-state index is 0.352. The number of allylic oxidation sites excluding steroid dienone is 2. The Morgan fingerprint density at radius 3 is 1.91 bits per heavy atom. The maximum atomic E-state index is 9.23. The maximum absolute atomic E-state index is 9.23. The first-order valence-electron chi connectivity index (χ1n) is 9.26. The van der Waals surface area contributed by atoms with Crippen LogP contribution in [0.15, 0.2) is 36.4 Å². The van der Waals surface area contributed by atoms with E-state index in [1.165, 1.54) is 69.8 Å². The summed E-state index contributed by atoms with van der Waals surface area (Å²) in [6.07, 6.45) is 20.6. The molecule has 0 aliphatic heterocycles. The van der Waals surface area contributed by atoms with Gasteiger partial charge in [-0.1, -0.05) is 82.6 Å². The van der Waals surface area contributed by atoms with E-state index in [1.54, 1.807) is 12.1 Å². The number of rotatable bonds is 13. The van der Waals surface area contributed by atoms with E-state index in [1.807, 2.05) is 12.1 Å². The lowest BCUT2D eigenvalue weighted by molar-refractivity contribution is 0.475. The van der Waals surface area contributed by atoms with Gasteiger partial charge in [0, 0.05) is 0 Å². The molecule has 0 saturated heterocycles. The second-order valence-electron chi connectivity index (χ2n) is 6.29. The molecule has 0 spiro atoms. The lowest BCUT2D eigenvalue weighted by Gasteiger charge is -2.01. The van der Waals surface area contributed by atoms with Gasteiger partial charge >= 0.3 is 0 Å². The molecule has 0 aromatic heterocycles. The Morgan fingerprint density at radius 2 is 1.27 bits per heavy atom. The molecule has 0 radical (unpaired) electrons. The highest BCUT2D eigenvalue weighted by Gasteiger charge is 1.93. The van der Waals surface area contributed by atoms with E-state index in [4.69, 9.17) is 0 Å². The summed E-state index contributed by atoms with van der Waals surface area (Å²) in [6.45, 7) is 2.28. The fraction of sp³-hybridized carbons (Fsp3) is 0.619. The molecule has 0 saturated carbocycles. The Labute approximate surface area is 137 Å². The van der Waals surface area contributed by atoms with Crippen LogP contribution in [0.2, 0.25) is 0 Å². The Balaban J connectivity index is 1.87. The zero-order chi connectivity index (χ0) is 15.9. The van der Waals surface area contributed by atoms with Gasteiger partial charge in [0.05, 0.1) is 0 Å². The molecule has 0 amide bonds. The summed E-state index contributed by atoms with van der Waals surface area (Å²) in [4.78, 5) is 0. The monoisotopic (exact) mass is 302 g/mol. The summed E-state index contributed by atoms with van der Waals surface area (Å²) in [5.41, 5.74) is 1.30. The zero-order valence-corrected chi connectivity index (χ0v) is 14.4. The summed E-state index contributed by atoms with van der Waals surface area (Å²) in [7, 11) is 0. The molecule has 0 bridgehead atoms. The first-order valence-corrected chi connectivity index (χ1v) is 9.26. The normalized spacial score (nSPS) is 11.3. The number of hydrogen-bond donors (Lipinski definition) is 1. The number of aryl methyl sites for hydroxylation is 1. The van der Waals surface area contributed by atoms with Crippen molar-refractivity contribution < 1.29 is 5.11 Å². The highest BCUT2D eigenvalue weighted by atomic mass is 16.3. The molecule has 0 aliphatic rings. The molecular formula is C21H34O. The van der Waals surface area contributed by atoms with E-state index in [-0.39, 0.29) is 0 Å². The van der Waals surface area contributed by atoms with Crippen molar-refractivity contribution >= 4 is 0 Å². The van der Waals surface area contributed by atoms with E-state index in [0.717, 1.165) is 12.8 Å². The molecule has 1 N–H and O–H groups in total. The molecule has 1 rings (SSSR count). The van der Waals surface area contributed by atoms with Crippen LogP contribution in [-0.2, 0) is 6.42 Å². The van der Waals surface area contributed by atoms with Gasteiger partial charge in [0.25, 0.3) is 0 Å². The number of hydrogen-bond acceptors (Lipinski definition) is 1. The Bertz CT molecular complexity index is 377. The zero-order valence-electron chi connectivity index (χ0n) is 14.4. The van der Waals surface area contributed by atoms with Crippen LogP contribution >= 0.6 is 0 Å². The predicted octanol–water partition coefficient (Wildman–Crippen LogP) is 6.80. The third-order valence-electron chi connectivity index (χ3n) is 4.18. The van der Waals surface area contributed by atoms with Crippen molar-refractivity contribution in [3.05, 3.63) is 42.0 Å². The third-order valence-corrected chi connectivity index (χ3v) is 4.18. The second-order valence-corrected chi connectivity index (χ2v) is 6.29.